The van der Waals surface area contributed by atoms with Gasteiger partial charge in [-0.15, -0.1) is 11.3 Å². The lowest BCUT2D eigenvalue weighted by atomic mass is 9.94. The first-order valence-corrected chi connectivity index (χ1v) is 9.87. The number of alkyl halides is 3. The fourth-order valence-electron chi connectivity index (χ4n) is 3.31. The molecule has 0 saturated carbocycles. The van der Waals surface area contributed by atoms with Crippen LogP contribution in [-0.4, -0.2) is 11.0 Å². The molecule has 2 aromatic carbocycles. The first kappa shape index (κ1) is 20.0. The van der Waals surface area contributed by atoms with Crippen LogP contribution in [0.25, 0.3) is 16.8 Å². The summed E-state index contributed by atoms with van der Waals surface area (Å²) >= 11 is 1.35. The predicted octanol–water partition coefficient (Wildman–Crippen LogP) is 5.20. The van der Waals surface area contributed by atoms with Crippen LogP contribution in [-0.2, 0) is 6.18 Å². The second kappa shape index (κ2) is 7.49. The van der Waals surface area contributed by atoms with Crippen molar-refractivity contribution in [1.29, 1.82) is 0 Å². The molecule has 4 rings (SSSR count). The molecule has 30 heavy (non-hydrogen) atoms. The van der Waals surface area contributed by atoms with E-state index in [9.17, 15) is 18.0 Å². The minimum absolute atomic E-state index is 0.332. The van der Waals surface area contributed by atoms with Crippen molar-refractivity contribution < 1.29 is 18.0 Å². The highest BCUT2D eigenvalue weighted by Gasteiger charge is 2.34. The molecule has 0 spiro atoms. The Hall–Kier alpha value is -3.33. The van der Waals surface area contributed by atoms with E-state index < -0.39 is 23.8 Å². The second-order valence-electron chi connectivity index (χ2n) is 6.85. The zero-order valence-corrected chi connectivity index (χ0v) is 16.6. The van der Waals surface area contributed by atoms with Gasteiger partial charge in [0, 0.05) is 27.9 Å². The normalized spacial score (nSPS) is 16.9. The Bertz CT molecular complexity index is 1140. The molecule has 9 heteroatoms. The van der Waals surface area contributed by atoms with Crippen LogP contribution >= 0.6 is 11.3 Å². The second-order valence-corrected chi connectivity index (χ2v) is 7.71. The summed E-state index contributed by atoms with van der Waals surface area (Å²) in [4.78, 5) is 16.7. The Morgan fingerprint density at radius 1 is 1.13 bits per heavy atom. The number of hydrogen-bond acceptors (Lipinski definition) is 4. The third-order valence-electron chi connectivity index (χ3n) is 4.76. The lowest BCUT2D eigenvalue weighted by molar-refractivity contribution is -0.137. The molecule has 0 radical (unpaired) electrons. The average molecular weight is 430 g/mol. The van der Waals surface area contributed by atoms with Gasteiger partial charge < -0.3 is 16.4 Å². The molecule has 5 nitrogen and oxygen atoms in total. The van der Waals surface area contributed by atoms with E-state index in [2.05, 4.69) is 15.6 Å². The number of nitrogens with two attached hydrogens (primary N) is 1. The number of anilines is 1. The molecule has 1 aliphatic heterocycles. The molecule has 154 valence electrons. The topological polar surface area (TPSA) is 80.0 Å². The number of nitrogen functional groups attached to an aromatic ring is 1. The van der Waals surface area contributed by atoms with Gasteiger partial charge in [0.1, 0.15) is 5.01 Å². The van der Waals surface area contributed by atoms with Crippen molar-refractivity contribution in [2.75, 3.05) is 5.73 Å². The number of nitrogens with one attached hydrogen (secondary N) is 2. The maximum atomic E-state index is 13.2. The lowest BCUT2D eigenvalue weighted by Gasteiger charge is -2.28. The first-order valence-electron chi connectivity index (χ1n) is 8.99. The number of benzene rings is 2. The van der Waals surface area contributed by atoms with Crippen LogP contribution in [0.2, 0.25) is 0 Å². The number of thiazole rings is 1. The van der Waals surface area contributed by atoms with Crippen molar-refractivity contribution in [3.8, 4) is 11.3 Å². The highest BCUT2D eigenvalue weighted by molar-refractivity contribution is 7.11. The number of rotatable bonds is 3. The van der Waals surface area contributed by atoms with E-state index in [-0.39, 0.29) is 0 Å². The molecule has 0 fully saturated rings. The fourth-order valence-corrected chi connectivity index (χ4v) is 4.27. The fraction of sp³-hybridized carbons (Fsp3) is 0.143. The van der Waals surface area contributed by atoms with E-state index in [1.54, 1.807) is 25.1 Å². The highest BCUT2D eigenvalue weighted by atomic mass is 32.1. The zero-order valence-electron chi connectivity index (χ0n) is 15.7. The van der Waals surface area contributed by atoms with Gasteiger partial charge in [-0.2, -0.15) is 13.2 Å². The molecule has 0 aliphatic carbocycles. The Morgan fingerprint density at radius 2 is 1.87 bits per heavy atom. The van der Waals surface area contributed by atoms with Crippen LogP contribution in [0.3, 0.4) is 0 Å². The summed E-state index contributed by atoms with van der Waals surface area (Å²) in [6, 6.07) is 11.0. The molecule has 2 heterocycles. The number of carbonyl (C=O) groups is 1. The number of halogens is 3. The summed E-state index contributed by atoms with van der Waals surface area (Å²) in [5, 5.41) is 7.88. The van der Waals surface area contributed by atoms with Crippen molar-refractivity contribution >= 4 is 28.6 Å². The Morgan fingerprint density at radius 3 is 2.57 bits per heavy atom. The number of allylic oxidation sites excluding steroid dienone is 1. The molecule has 2 amide bonds. The Kier molecular flexibility index (Phi) is 4.98. The largest absolute Gasteiger partial charge is 0.416 e. The van der Waals surface area contributed by atoms with E-state index in [0.29, 0.717) is 27.5 Å². The summed E-state index contributed by atoms with van der Waals surface area (Å²) in [7, 11) is 0. The molecule has 1 aromatic heterocycles. The van der Waals surface area contributed by atoms with E-state index in [1.807, 2.05) is 17.5 Å². The standard InChI is InChI=1S/C21H17F3N4OS/c1-11-17(19-27-16(10-30-19)12-5-7-15(25)8-6-12)18(28-20(29)26-11)13-3-2-4-14(9-13)21(22,23)24/h2-10,18H,25H2,1H3,(H2,26,28,29). The van der Waals surface area contributed by atoms with Crippen LogP contribution < -0.4 is 16.4 Å². The third kappa shape index (κ3) is 3.88. The van der Waals surface area contributed by atoms with Gasteiger partial charge in [-0.3, -0.25) is 0 Å². The van der Waals surface area contributed by atoms with Crippen molar-refractivity contribution in [3.63, 3.8) is 0 Å². The number of amides is 2. The number of urea groups is 1. The SMILES string of the molecule is CC1=C(c2nc(-c3ccc(N)cc3)cs2)C(c2cccc(C(F)(F)F)c2)NC(=O)N1. The maximum absolute atomic E-state index is 13.2. The number of nitrogens with zero attached hydrogens (tertiary/aromatic N) is 1. The van der Waals surface area contributed by atoms with Crippen LogP contribution in [0.15, 0.2) is 59.6 Å². The van der Waals surface area contributed by atoms with Crippen LogP contribution in [0.5, 0.6) is 0 Å². The third-order valence-corrected chi connectivity index (χ3v) is 5.63. The molecular formula is C21H17F3N4OS. The van der Waals surface area contributed by atoms with E-state index >= 15 is 0 Å². The summed E-state index contributed by atoms with van der Waals surface area (Å²) < 4.78 is 39.6. The molecule has 4 N–H and O–H groups in total. The Labute approximate surface area is 174 Å². The molecule has 3 aromatic rings. The van der Waals surface area contributed by atoms with Crippen LogP contribution in [0, 0.1) is 0 Å². The van der Waals surface area contributed by atoms with Gasteiger partial charge in [0.05, 0.1) is 17.3 Å². The van der Waals surface area contributed by atoms with Gasteiger partial charge in [-0.05, 0) is 36.8 Å². The van der Waals surface area contributed by atoms with Gasteiger partial charge in [0.25, 0.3) is 0 Å². The quantitative estimate of drug-likeness (QED) is 0.500. The van der Waals surface area contributed by atoms with E-state index in [4.69, 9.17) is 5.73 Å². The summed E-state index contributed by atoms with van der Waals surface area (Å²) in [6.07, 6.45) is -4.48. The number of aromatic nitrogens is 1. The van der Waals surface area contributed by atoms with Crippen LogP contribution in [0.4, 0.5) is 23.7 Å². The smallest absolute Gasteiger partial charge is 0.399 e. The zero-order chi connectivity index (χ0) is 21.5. The molecule has 1 unspecified atom stereocenters. The molecule has 1 aliphatic rings. The molecule has 0 saturated heterocycles. The Balaban J connectivity index is 1.76. The minimum Gasteiger partial charge on any atom is -0.399 e. The van der Waals surface area contributed by atoms with E-state index in [1.165, 1.54) is 17.4 Å². The van der Waals surface area contributed by atoms with E-state index in [0.717, 1.165) is 23.4 Å². The number of hydrogen-bond donors (Lipinski definition) is 3. The number of carbonyl (C=O) groups excluding carboxylic acids is 1. The average Bonchev–Trinajstić information content (AvgIpc) is 3.17. The van der Waals surface area contributed by atoms with Crippen molar-refractivity contribution in [2.24, 2.45) is 0 Å². The summed E-state index contributed by atoms with van der Waals surface area (Å²) in [5.41, 5.74) is 8.68. The van der Waals surface area contributed by atoms with Gasteiger partial charge in [-0.25, -0.2) is 9.78 Å². The van der Waals surface area contributed by atoms with Gasteiger partial charge in [0.15, 0.2) is 0 Å². The molecular weight excluding hydrogens is 413 g/mol. The van der Waals surface area contributed by atoms with Crippen molar-refractivity contribution in [2.45, 2.75) is 19.1 Å². The molecule has 0 bridgehead atoms. The lowest BCUT2D eigenvalue weighted by Crippen LogP contribution is -2.42. The first-order chi connectivity index (χ1) is 14.2. The van der Waals surface area contributed by atoms with Gasteiger partial charge in [0.2, 0.25) is 0 Å². The predicted molar refractivity (Wildman–Crippen MR) is 110 cm³/mol. The maximum Gasteiger partial charge on any atom is 0.416 e. The van der Waals surface area contributed by atoms with Crippen molar-refractivity contribution in [1.82, 2.24) is 15.6 Å². The van der Waals surface area contributed by atoms with Crippen LogP contribution in [0.1, 0.15) is 29.1 Å². The van der Waals surface area contributed by atoms with Gasteiger partial charge in [-0.1, -0.05) is 24.3 Å². The van der Waals surface area contributed by atoms with Crippen molar-refractivity contribution in [3.05, 3.63) is 75.7 Å². The molecule has 1 atom stereocenters. The van der Waals surface area contributed by atoms with Gasteiger partial charge >= 0.3 is 12.2 Å². The summed E-state index contributed by atoms with van der Waals surface area (Å²) in [5.74, 6) is 0. The minimum atomic E-state index is -4.48. The summed E-state index contributed by atoms with van der Waals surface area (Å²) in [6.45, 7) is 1.71. The highest BCUT2D eigenvalue weighted by Crippen LogP contribution is 2.39. The monoisotopic (exact) mass is 430 g/mol.